The number of rotatable bonds is 3. The van der Waals surface area contributed by atoms with Gasteiger partial charge in [-0.25, -0.2) is 0 Å². The van der Waals surface area contributed by atoms with Crippen LogP contribution in [0.5, 0.6) is 0 Å². The molecule has 0 fully saturated rings. The minimum atomic E-state index is 1.10. The lowest BCUT2D eigenvalue weighted by Gasteiger charge is -2.33. The molecule has 210 valence electrons. The van der Waals surface area contributed by atoms with Crippen molar-refractivity contribution in [2.24, 2.45) is 0 Å². The Kier molecular flexibility index (Phi) is 4.96. The molecule has 0 radical (unpaired) electrons. The summed E-state index contributed by atoms with van der Waals surface area (Å²) in [6.45, 7) is 0. The summed E-state index contributed by atoms with van der Waals surface area (Å²) in [5, 5.41) is 5.04. The lowest BCUT2D eigenvalue weighted by Crippen LogP contribution is -2.18. The van der Waals surface area contributed by atoms with E-state index in [-0.39, 0.29) is 0 Å². The van der Waals surface area contributed by atoms with E-state index in [9.17, 15) is 0 Å². The molecule has 0 spiro atoms. The number of anilines is 3. The van der Waals surface area contributed by atoms with Crippen LogP contribution in [0.1, 0.15) is 0 Å². The van der Waals surface area contributed by atoms with E-state index in [1.54, 1.807) is 0 Å². The molecule has 10 rings (SSSR count). The van der Waals surface area contributed by atoms with E-state index < -0.39 is 0 Å². The van der Waals surface area contributed by atoms with Crippen molar-refractivity contribution < 1.29 is 0 Å². The summed E-state index contributed by atoms with van der Waals surface area (Å²) in [7, 11) is 0. The van der Waals surface area contributed by atoms with Crippen molar-refractivity contribution in [3.8, 4) is 22.5 Å². The second kappa shape index (κ2) is 9.18. The van der Waals surface area contributed by atoms with Gasteiger partial charge in [0.2, 0.25) is 0 Å². The van der Waals surface area contributed by atoms with Crippen LogP contribution >= 0.6 is 0 Å². The van der Waals surface area contributed by atoms with Crippen molar-refractivity contribution in [1.29, 1.82) is 0 Å². The molecule has 0 unspecified atom stereocenters. The Balaban J connectivity index is 1.34. The monoisotopic (exact) mass is 574 g/mol. The molecule has 4 heterocycles. The second-order valence-corrected chi connectivity index (χ2v) is 11.7. The maximum atomic E-state index is 4.38. The van der Waals surface area contributed by atoms with Gasteiger partial charge in [-0.15, -0.1) is 0 Å². The number of benzene rings is 6. The van der Waals surface area contributed by atoms with Crippen LogP contribution in [-0.4, -0.2) is 14.1 Å². The van der Waals surface area contributed by atoms with E-state index in [1.165, 1.54) is 55.0 Å². The van der Waals surface area contributed by atoms with Gasteiger partial charge >= 0.3 is 0 Å². The topological polar surface area (TPSA) is 26.0 Å². The Hall–Kier alpha value is -6.13. The summed E-state index contributed by atoms with van der Waals surface area (Å²) in [6, 6.07) is 52.6. The van der Waals surface area contributed by atoms with Crippen molar-refractivity contribution in [2.45, 2.75) is 0 Å². The van der Waals surface area contributed by atoms with Gasteiger partial charge in [0.05, 0.1) is 39.1 Å². The lowest BCUT2D eigenvalue weighted by molar-refractivity contribution is 1.11. The van der Waals surface area contributed by atoms with E-state index in [0.717, 1.165) is 28.2 Å². The largest absolute Gasteiger partial charge is 0.309 e. The molecule has 1 aliphatic heterocycles. The Morgan fingerprint density at radius 2 is 1.16 bits per heavy atom. The number of fused-ring (bicyclic) bond motifs is 9. The van der Waals surface area contributed by atoms with Gasteiger partial charge in [-0.05, 0) is 66.2 Å². The predicted molar refractivity (Wildman–Crippen MR) is 187 cm³/mol. The van der Waals surface area contributed by atoms with Crippen LogP contribution in [0.2, 0.25) is 0 Å². The summed E-state index contributed by atoms with van der Waals surface area (Å²) in [5.74, 6) is 0. The maximum absolute atomic E-state index is 4.38. The van der Waals surface area contributed by atoms with E-state index in [0.29, 0.717) is 0 Å². The predicted octanol–water partition coefficient (Wildman–Crippen LogP) is 10.7. The molecular formula is C41H26N4. The van der Waals surface area contributed by atoms with Crippen LogP contribution in [0.15, 0.2) is 158 Å². The number of hydrogen-bond acceptors (Lipinski definition) is 2. The maximum Gasteiger partial charge on any atom is 0.0784 e. The number of aromatic nitrogens is 3. The zero-order chi connectivity index (χ0) is 29.5. The van der Waals surface area contributed by atoms with Crippen molar-refractivity contribution in [1.82, 2.24) is 14.1 Å². The third-order valence-electron chi connectivity index (χ3n) is 9.28. The quantitative estimate of drug-likeness (QED) is 0.210. The van der Waals surface area contributed by atoms with E-state index >= 15 is 0 Å². The first-order valence-electron chi connectivity index (χ1n) is 15.3. The van der Waals surface area contributed by atoms with Gasteiger partial charge in [0, 0.05) is 50.9 Å². The van der Waals surface area contributed by atoms with Gasteiger partial charge in [0.25, 0.3) is 0 Å². The molecule has 4 heteroatoms. The molecule has 0 aliphatic carbocycles. The van der Waals surface area contributed by atoms with Crippen molar-refractivity contribution in [3.05, 3.63) is 158 Å². The smallest absolute Gasteiger partial charge is 0.0784 e. The average molecular weight is 575 g/mol. The van der Waals surface area contributed by atoms with Gasteiger partial charge in [-0.1, -0.05) is 84.9 Å². The molecule has 0 atom stereocenters. The Labute approximate surface area is 259 Å². The Bertz CT molecular complexity index is 2590. The second-order valence-electron chi connectivity index (χ2n) is 11.7. The molecular weight excluding hydrogens is 548 g/mol. The van der Waals surface area contributed by atoms with Crippen molar-refractivity contribution in [3.63, 3.8) is 0 Å². The highest BCUT2D eigenvalue weighted by Crippen LogP contribution is 2.51. The number of nitrogens with zero attached hydrogens (tertiary/aromatic N) is 4. The summed E-state index contributed by atoms with van der Waals surface area (Å²) >= 11 is 0. The van der Waals surface area contributed by atoms with Crippen molar-refractivity contribution >= 4 is 60.7 Å². The van der Waals surface area contributed by atoms with Crippen LogP contribution in [0.3, 0.4) is 0 Å². The molecule has 3 aromatic heterocycles. The highest BCUT2D eigenvalue weighted by molar-refractivity contribution is 6.28. The first-order valence-corrected chi connectivity index (χ1v) is 15.3. The molecule has 0 saturated heterocycles. The first kappa shape index (κ1) is 24.3. The fraction of sp³-hybridized carbons (Fsp3) is 0. The third-order valence-corrected chi connectivity index (χ3v) is 9.28. The van der Waals surface area contributed by atoms with Gasteiger partial charge in [-0.3, -0.25) is 4.98 Å². The fourth-order valence-electron chi connectivity index (χ4n) is 7.47. The molecule has 4 nitrogen and oxygen atoms in total. The standard InChI is InChI=1S/C41H26N4/c1-2-13-29(14-3-1)44-34-18-5-4-16-31(34)32-22-23-37-39(41(32)44)33-17-9-21-38-40(33)45(37)36-20-7-6-19-35(36)43(38)30-15-8-11-27(25-30)28-12-10-24-42-26-28/h1-26H. The minimum absolute atomic E-state index is 1.10. The summed E-state index contributed by atoms with van der Waals surface area (Å²) < 4.78 is 4.92. The highest BCUT2D eigenvalue weighted by atomic mass is 15.2. The lowest BCUT2D eigenvalue weighted by atomic mass is 10.0. The SMILES string of the molecule is c1ccc(-n2c3ccccc3c3ccc4c(c5cccc6c5n4-c4ccccc4N6c4cccc(-c5cccnc5)c4)c32)cc1. The molecule has 0 saturated carbocycles. The molecule has 6 aromatic carbocycles. The van der Waals surface area contributed by atoms with Gasteiger partial charge < -0.3 is 14.0 Å². The minimum Gasteiger partial charge on any atom is -0.309 e. The zero-order valence-corrected chi connectivity index (χ0v) is 24.3. The van der Waals surface area contributed by atoms with Gasteiger partial charge in [0.15, 0.2) is 0 Å². The van der Waals surface area contributed by atoms with Crippen molar-refractivity contribution in [2.75, 3.05) is 4.90 Å². The van der Waals surface area contributed by atoms with Crippen LogP contribution in [0.4, 0.5) is 17.1 Å². The normalized spacial score (nSPS) is 12.4. The zero-order valence-electron chi connectivity index (χ0n) is 24.3. The van der Waals surface area contributed by atoms with Crippen LogP contribution in [0, 0.1) is 0 Å². The van der Waals surface area contributed by atoms with Gasteiger partial charge in [0.1, 0.15) is 0 Å². The van der Waals surface area contributed by atoms with Crippen LogP contribution < -0.4 is 4.90 Å². The summed E-state index contributed by atoms with van der Waals surface area (Å²) in [5.41, 5.74) is 12.9. The van der Waals surface area contributed by atoms with E-state index in [1.807, 2.05) is 18.5 Å². The van der Waals surface area contributed by atoms with E-state index in [4.69, 9.17) is 0 Å². The molecule has 45 heavy (non-hydrogen) atoms. The number of para-hydroxylation sites is 5. The number of pyridine rings is 1. The highest BCUT2D eigenvalue weighted by Gasteiger charge is 2.30. The summed E-state index contributed by atoms with van der Waals surface area (Å²) in [6.07, 6.45) is 3.75. The third kappa shape index (κ3) is 3.34. The molecule has 0 N–H and O–H groups in total. The Morgan fingerprint density at radius 3 is 2.04 bits per heavy atom. The van der Waals surface area contributed by atoms with E-state index in [2.05, 4.69) is 159 Å². The van der Waals surface area contributed by atoms with Crippen LogP contribution in [0.25, 0.3) is 66.1 Å². The molecule has 1 aliphatic rings. The van der Waals surface area contributed by atoms with Gasteiger partial charge in [-0.2, -0.15) is 0 Å². The van der Waals surface area contributed by atoms with Crippen LogP contribution in [-0.2, 0) is 0 Å². The average Bonchev–Trinajstić information content (AvgIpc) is 3.63. The molecule has 9 aromatic rings. The fourth-order valence-corrected chi connectivity index (χ4v) is 7.47. The molecule has 0 amide bonds. The summed E-state index contributed by atoms with van der Waals surface area (Å²) in [4.78, 5) is 6.79. The Morgan fingerprint density at radius 1 is 0.422 bits per heavy atom. The molecule has 0 bridgehead atoms. The first-order chi connectivity index (χ1) is 22.4. The number of hydrogen-bond donors (Lipinski definition) is 0.